The van der Waals surface area contributed by atoms with E-state index in [1.165, 1.54) is 7.05 Å². The van der Waals surface area contributed by atoms with Gasteiger partial charge in [0.25, 0.3) is 0 Å². The highest BCUT2D eigenvalue weighted by atomic mass is 32.2. The summed E-state index contributed by atoms with van der Waals surface area (Å²) in [6.45, 7) is 4.51. The quantitative estimate of drug-likeness (QED) is 0.514. The molecule has 0 atom stereocenters. The molecule has 0 radical (unpaired) electrons. The minimum Gasteiger partial charge on any atom is -0.491 e. The van der Waals surface area contributed by atoms with Crippen LogP contribution < -0.4 is 10.1 Å². The first-order valence-electron chi connectivity index (χ1n) is 10.2. The Labute approximate surface area is 183 Å². The number of carbonyl (C=O) groups excluding carboxylic acids is 1. The van der Waals surface area contributed by atoms with Gasteiger partial charge in [-0.15, -0.1) is 0 Å². The molecule has 0 saturated heterocycles. The number of sulfonamides is 1. The van der Waals surface area contributed by atoms with Crippen molar-refractivity contribution in [2.45, 2.75) is 24.7 Å². The Bertz CT molecular complexity index is 1160. The number of fused-ring (bicyclic) bond motifs is 1. The molecule has 31 heavy (non-hydrogen) atoms. The fourth-order valence-electron chi connectivity index (χ4n) is 3.29. The van der Waals surface area contributed by atoms with Gasteiger partial charge in [-0.25, -0.2) is 8.42 Å². The molecule has 3 rings (SSSR count). The molecule has 3 aromatic carbocycles. The van der Waals surface area contributed by atoms with Crippen LogP contribution in [0, 0.1) is 0 Å². The van der Waals surface area contributed by atoms with Gasteiger partial charge < -0.3 is 10.1 Å². The Morgan fingerprint density at radius 1 is 1.00 bits per heavy atom. The van der Waals surface area contributed by atoms with E-state index >= 15 is 0 Å². The van der Waals surface area contributed by atoms with Crippen LogP contribution in [0.3, 0.4) is 0 Å². The van der Waals surface area contributed by atoms with Gasteiger partial charge in [-0.05, 0) is 40.5 Å². The third kappa shape index (κ3) is 5.62. The molecule has 0 aliphatic carbocycles. The minimum absolute atomic E-state index is 0.162. The van der Waals surface area contributed by atoms with E-state index in [2.05, 4.69) is 19.2 Å². The summed E-state index contributed by atoms with van der Waals surface area (Å²) in [5.41, 5.74) is 1.11. The fourth-order valence-corrected chi connectivity index (χ4v) is 4.45. The number of benzene rings is 3. The zero-order valence-electron chi connectivity index (χ0n) is 18.0. The molecule has 164 valence electrons. The lowest BCUT2D eigenvalue weighted by molar-refractivity contribution is -0.121. The first-order chi connectivity index (χ1) is 14.8. The summed E-state index contributed by atoms with van der Waals surface area (Å²) in [5.74, 6) is 0.745. The van der Waals surface area contributed by atoms with Crippen molar-refractivity contribution >= 4 is 26.7 Å². The van der Waals surface area contributed by atoms with E-state index in [-0.39, 0.29) is 23.9 Å². The Morgan fingerprint density at radius 3 is 2.42 bits per heavy atom. The van der Waals surface area contributed by atoms with Gasteiger partial charge in [0, 0.05) is 7.05 Å². The number of likely N-dealkylation sites (N-methyl/N-ethyl adjacent to an activating group) is 1. The predicted octanol–water partition coefficient (Wildman–Crippen LogP) is 3.78. The fraction of sp³-hybridized carbons (Fsp3) is 0.292. The Morgan fingerprint density at radius 2 is 1.68 bits per heavy atom. The summed E-state index contributed by atoms with van der Waals surface area (Å²) >= 11 is 0. The summed E-state index contributed by atoms with van der Waals surface area (Å²) < 4.78 is 32.5. The van der Waals surface area contributed by atoms with Gasteiger partial charge >= 0.3 is 0 Å². The predicted molar refractivity (Wildman–Crippen MR) is 123 cm³/mol. The number of nitrogens with zero attached hydrogens (tertiary/aromatic N) is 1. The highest BCUT2D eigenvalue weighted by Gasteiger charge is 2.23. The van der Waals surface area contributed by atoms with E-state index in [9.17, 15) is 13.2 Å². The molecule has 0 aliphatic heterocycles. The van der Waals surface area contributed by atoms with Gasteiger partial charge in [0.15, 0.2) is 0 Å². The molecule has 3 aromatic rings. The van der Waals surface area contributed by atoms with Crippen LogP contribution in [0.15, 0.2) is 71.6 Å². The maximum Gasteiger partial charge on any atom is 0.243 e. The zero-order chi connectivity index (χ0) is 22.4. The minimum atomic E-state index is -3.77. The number of hydrogen-bond acceptors (Lipinski definition) is 4. The van der Waals surface area contributed by atoms with Crippen molar-refractivity contribution in [2.75, 3.05) is 26.7 Å². The average molecular weight is 441 g/mol. The lowest BCUT2D eigenvalue weighted by atomic mass is 10.0. The number of ether oxygens (including phenoxy) is 1. The van der Waals surface area contributed by atoms with Gasteiger partial charge in [-0.2, -0.15) is 4.31 Å². The molecule has 1 amide bonds. The van der Waals surface area contributed by atoms with E-state index in [1.807, 2.05) is 48.5 Å². The van der Waals surface area contributed by atoms with Gasteiger partial charge in [-0.1, -0.05) is 62.4 Å². The Hall–Kier alpha value is -2.90. The Kier molecular flexibility index (Phi) is 7.30. The Balaban J connectivity index is 1.54. The second-order valence-electron chi connectivity index (χ2n) is 7.66. The lowest BCUT2D eigenvalue weighted by Crippen LogP contribution is -2.39. The zero-order valence-corrected chi connectivity index (χ0v) is 18.9. The standard InChI is InChI=1S/C24H28N2O4S/c1-18(2)22-10-6-7-11-23(22)30-15-14-25-24(27)17-26(3)31(28,29)21-13-12-19-8-4-5-9-20(19)16-21/h4-13,16,18H,14-15,17H2,1-3H3,(H,25,27). The first kappa shape index (κ1) is 22.8. The molecule has 6 nitrogen and oxygen atoms in total. The summed E-state index contributed by atoms with van der Waals surface area (Å²) in [7, 11) is -2.37. The van der Waals surface area contributed by atoms with Gasteiger partial charge in [0.05, 0.1) is 18.0 Å². The van der Waals surface area contributed by atoms with E-state index in [0.717, 1.165) is 26.4 Å². The third-order valence-electron chi connectivity index (χ3n) is 5.02. The molecular formula is C24H28N2O4S. The number of para-hydroxylation sites is 1. The maximum absolute atomic E-state index is 12.8. The van der Waals surface area contributed by atoms with Crippen LogP contribution in [0.5, 0.6) is 5.75 Å². The van der Waals surface area contributed by atoms with E-state index in [1.54, 1.807) is 18.2 Å². The van der Waals surface area contributed by atoms with Crippen LogP contribution >= 0.6 is 0 Å². The second kappa shape index (κ2) is 9.94. The molecule has 1 N–H and O–H groups in total. The van der Waals surface area contributed by atoms with Crippen molar-refractivity contribution in [1.82, 2.24) is 9.62 Å². The highest BCUT2D eigenvalue weighted by molar-refractivity contribution is 7.89. The van der Waals surface area contributed by atoms with Crippen LogP contribution in [0.4, 0.5) is 0 Å². The third-order valence-corrected chi connectivity index (χ3v) is 6.82. The molecule has 0 spiro atoms. The highest BCUT2D eigenvalue weighted by Crippen LogP contribution is 2.25. The largest absolute Gasteiger partial charge is 0.491 e. The van der Waals surface area contributed by atoms with Crippen molar-refractivity contribution < 1.29 is 17.9 Å². The second-order valence-corrected chi connectivity index (χ2v) is 9.71. The van der Waals surface area contributed by atoms with Gasteiger partial charge in [-0.3, -0.25) is 4.79 Å². The van der Waals surface area contributed by atoms with E-state index in [4.69, 9.17) is 4.74 Å². The topological polar surface area (TPSA) is 75.7 Å². The van der Waals surface area contributed by atoms with E-state index in [0.29, 0.717) is 12.5 Å². The number of nitrogens with one attached hydrogen (secondary N) is 1. The molecule has 7 heteroatoms. The summed E-state index contributed by atoms with van der Waals surface area (Å²) in [6, 6.07) is 20.3. The van der Waals surface area contributed by atoms with Crippen molar-refractivity contribution in [3.63, 3.8) is 0 Å². The molecule has 0 saturated carbocycles. The smallest absolute Gasteiger partial charge is 0.243 e. The molecule has 0 unspecified atom stereocenters. The van der Waals surface area contributed by atoms with Crippen molar-refractivity contribution in [1.29, 1.82) is 0 Å². The monoisotopic (exact) mass is 440 g/mol. The van der Waals surface area contributed by atoms with Crippen LogP contribution in [-0.2, 0) is 14.8 Å². The van der Waals surface area contributed by atoms with Crippen LogP contribution in [-0.4, -0.2) is 45.4 Å². The molecule has 0 bridgehead atoms. The normalized spacial score (nSPS) is 11.8. The summed E-state index contributed by atoms with van der Waals surface area (Å²) in [5, 5.41) is 4.51. The summed E-state index contributed by atoms with van der Waals surface area (Å²) in [4.78, 5) is 12.4. The van der Waals surface area contributed by atoms with Crippen LogP contribution in [0.2, 0.25) is 0 Å². The molecular weight excluding hydrogens is 412 g/mol. The van der Waals surface area contributed by atoms with Gasteiger partial charge in [0.2, 0.25) is 15.9 Å². The van der Waals surface area contributed by atoms with Crippen molar-refractivity contribution in [3.8, 4) is 5.75 Å². The molecule has 0 fully saturated rings. The number of rotatable bonds is 9. The number of carbonyl (C=O) groups is 1. The molecule has 0 aromatic heterocycles. The first-order valence-corrected chi connectivity index (χ1v) is 11.7. The SMILES string of the molecule is CC(C)c1ccccc1OCCNC(=O)CN(C)S(=O)(=O)c1ccc2ccccc2c1. The molecule has 0 heterocycles. The number of hydrogen-bond donors (Lipinski definition) is 1. The average Bonchev–Trinajstić information content (AvgIpc) is 2.76. The number of amides is 1. The molecule has 0 aliphatic rings. The van der Waals surface area contributed by atoms with E-state index < -0.39 is 10.0 Å². The summed E-state index contributed by atoms with van der Waals surface area (Å²) in [6.07, 6.45) is 0. The van der Waals surface area contributed by atoms with Crippen molar-refractivity contribution in [2.24, 2.45) is 0 Å². The van der Waals surface area contributed by atoms with Gasteiger partial charge in [0.1, 0.15) is 12.4 Å². The van der Waals surface area contributed by atoms with Crippen molar-refractivity contribution in [3.05, 3.63) is 72.3 Å². The lowest BCUT2D eigenvalue weighted by Gasteiger charge is -2.18. The maximum atomic E-state index is 12.8. The van der Waals surface area contributed by atoms with Crippen LogP contribution in [0.25, 0.3) is 10.8 Å². The van der Waals surface area contributed by atoms with Crippen LogP contribution in [0.1, 0.15) is 25.3 Å².